The van der Waals surface area contributed by atoms with Crippen LogP contribution in [-0.2, 0) is 5.41 Å². The predicted molar refractivity (Wildman–Crippen MR) is 280 cm³/mol. The van der Waals surface area contributed by atoms with Gasteiger partial charge in [0.05, 0.1) is 33.3 Å². The molecule has 0 unspecified atom stereocenters. The second-order valence-corrected chi connectivity index (χ2v) is 18.6. The topological polar surface area (TPSA) is 35.6 Å². The lowest BCUT2D eigenvalue weighted by Gasteiger charge is -2.35. The number of para-hydroxylation sites is 2. The Morgan fingerprint density at radius 3 is 1.67 bits per heavy atom. The summed E-state index contributed by atoms with van der Waals surface area (Å²) in [5.41, 5.74) is 18.2. The van der Waals surface area contributed by atoms with Crippen LogP contribution < -0.4 is 0 Å². The Bertz CT molecular complexity index is 4170. The van der Waals surface area contributed by atoms with E-state index in [0.29, 0.717) is 5.95 Å². The van der Waals surface area contributed by atoms with Gasteiger partial charge in [0.25, 0.3) is 0 Å². The Kier molecular flexibility index (Phi) is 8.00. The van der Waals surface area contributed by atoms with Gasteiger partial charge in [-0.25, -0.2) is 9.97 Å². The maximum atomic E-state index is 5.54. The molecule has 0 radical (unpaired) electrons. The molecular formula is C63H42N4. The van der Waals surface area contributed by atoms with Crippen LogP contribution in [0, 0.1) is 0 Å². The van der Waals surface area contributed by atoms with E-state index in [1.165, 1.54) is 82.3 Å². The molecule has 0 spiro atoms. The molecule has 0 fully saturated rings. The monoisotopic (exact) mass is 854 g/mol. The normalized spacial score (nSPS) is 13.0. The van der Waals surface area contributed by atoms with Gasteiger partial charge in [0, 0.05) is 43.6 Å². The van der Waals surface area contributed by atoms with Gasteiger partial charge < -0.3 is 4.57 Å². The van der Waals surface area contributed by atoms with Crippen molar-refractivity contribution >= 4 is 65.3 Å². The summed E-state index contributed by atoms with van der Waals surface area (Å²) in [6.07, 6.45) is 0. The van der Waals surface area contributed by atoms with Crippen molar-refractivity contribution in [2.24, 2.45) is 0 Å². The molecule has 14 rings (SSSR count). The average molecular weight is 855 g/mol. The van der Waals surface area contributed by atoms with E-state index in [-0.39, 0.29) is 5.41 Å². The molecule has 0 N–H and O–H groups in total. The van der Waals surface area contributed by atoms with E-state index in [0.717, 1.165) is 44.4 Å². The van der Waals surface area contributed by atoms with Crippen molar-refractivity contribution < 1.29 is 0 Å². The highest BCUT2D eigenvalue weighted by Gasteiger charge is 2.35. The molecule has 3 heterocycles. The lowest BCUT2D eigenvalue weighted by molar-refractivity contribution is 0.644. The summed E-state index contributed by atoms with van der Waals surface area (Å²) in [5, 5.41) is 8.44. The zero-order chi connectivity index (χ0) is 44.4. The molecule has 0 atom stereocenters. The van der Waals surface area contributed by atoms with E-state index in [2.05, 4.69) is 241 Å². The summed E-state index contributed by atoms with van der Waals surface area (Å²) in [6.45, 7) is 4.66. The molecule has 3 aromatic heterocycles. The zero-order valence-electron chi connectivity index (χ0n) is 37.1. The van der Waals surface area contributed by atoms with Crippen molar-refractivity contribution in [3.05, 3.63) is 230 Å². The number of hydrogen-bond acceptors (Lipinski definition) is 2. The minimum atomic E-state index is -0.233. The Balaban J connectivity index is 0.917. The molecule has 1 aliphatic rings. The molecule has 13 aromatic rings. The van der Waals surface area contributed by atoms with Gasteiger partial charge in [-0.2, -0.15) is 0 Å². The Morgan fingerprint density at radius 2 is 0.925 bits per heavy atom. The largest absolute Gasteiger partial charge is 0.309 e. The number of aromatic nitrogens is 4. The van der Waals surface area contributed by atoms with Crippen molar-refractivity contribution in [3.63, 3.8) is 0 Å². The fourth-order valence-corrected chi connectivity index (χ4v) is 11.3. The first-order valence-corrected chi connectivity index (χ1v) is 23.2. The van der Waals surface area contributed by atoms with Crippen molar-refractivity contribution in [3.8, 4) is 56.3 Å². The first-order valence-electron chi connectivity index (χ1n) is 23.2. The van der Waals surface area contributed by atoms with Crippen LogP contribution in [0.3, 0.4) is 0 Å². The van der Waals surface area contributed by atoms with E-state index >= 15 is 0 Å². The van der Waals surface area contributed by atoms with Crippen LogP contribution in [0.4, 0.5) is 0 Å². The molecule has 314 valence electrons. The van der Waals surface area contributed by atoms with Crippen LogP contribution in [0.15, 0.2) is 218 Å². The molecule has 1 aliphatic carbocycles. The highest BCUT2D eigenvalue weighted by Crippen LogP contribution is 2.49. The van der Waals surface area contributed by atoms with Gasteiger partial charge in [0.2, 0.25) is 5.95 Å². The molecule has 0 saturated heterocycles. The zero-order valence-corrected chi connectivity index (χ0v) is 37.1. The van der Waals surface area contributed by atoms with Crippen LogP contribution in [0.5, 0.6) is 0 Å². The van der Waals surface area contributed by atoms with E-state index < -0.39 is 0 Å². The summed E-state index contributed by atoms with van der Waals surface area (Å²) in [6, 6.07) is 79.6. The van der Waals surface area contributed by atoms with Crippen molar-refractivity contribution in [1.29, 1.82) is 0 Å². The molecule has 10 aromatic carbocycles. The van der Waals surface area contributed by atoms with Gasteiger partial charge in [-0.15, -0.1) is 0 Å². The van der Waals surface area contributed by atoms with Gasteiger partial charge in [-0.1, -0.05) is 172 Å². The minimum Gasteiger partial charge on any atom is -0.309 e. The maximum Gasteiger partial charge on any atom is 0.235 e. The predicted octanol–water partition coefficient (Wildman–Crippen LogP) is 16.3. The SMILES string of the molecule is CC1(C)c2ccccc2-c2nc(-n3c4ccccc4c4cc(-c5ccc6c(c5)c5ccccc5n6-c5ccc(-c6cccc7ccccc67)cc5)ccc43)nc3cc(-c4ccccc4)cc1c23. The number of hydrogen-bond donors (Lipinski definition) is 0. The number of fused-ring (bicyclic) bond motifs is 9. The molecule has 4 nitrogen and oxygen atoms in total. The summed E-state index contributed by atoms with van der Waals surface area (Å²) in [5.74, 6) is 0.673. The van der Waals surface area contributed by atoms with Gasteiger partial charge >= 0.3 is 0 Å². The molecule has 4 heteroatoms. The van der Waals surface area contributed by atoms with Crippen LogP contribution >= 0.6 is 0 Å². The summed E-state index contributed by atoms with van der Waals surface area (Å²) in [4.78, 5) is 11.0. The van der Waals surface area contributed by atoms with E-state index in [4.69, 9.17) is 9.97 Å². The summed E-state index contributed by atoms with van der Waals surface area (Å²) >= 11 is 0. The van der Waals surface area contributed by atoms with E-state index in [9.17, 15) is 0 Å². The third-order valence-electron chi connectivity index (χ3n) is 14.5. The van der Waals surface area contributed by atoms with E-state index in [1.54, 1.807) is 0 Å². The minimum absolute atomic E-state index is 0.233. The highest BCUT2D eigenvalue weighted by atomic mass is 15.2. The molecule has 67 heavy (non-hydrogen) atoms. The third-order valence-corrected chi connectivity index (χ3v) is 14.5. The average Bonchev–Trinajstić information content (AvgIpc) is 3.90. The number of rotatable bonds is 5. The highest BCUT2D eigenvalue weighted by molar-refractivity contribution is 6.13. The number of benzene rings is 10. The molecule has 0 aliphatic heterocycles. The van der Waals surface area contributed by atoms with Crippen LogP contribution in [0.2, 0.25) is 0 Å². The molecular weight excluding hydrogens is 813 g/mol. The van der Waals surface area contributed by atoms with Crippen LogP contribution in [0.1, 0.15) is 25.0 Å². The summed E-state index contributed by atoms with van der Waals surface area (Å²) in [7, 11) is 0. The Morgan fingerprint density at radius 1 is 0.358 bits per heavy atom. The van der Waals surface area contributed by atoms with Crippen LogP contribution in [0.25, 0.3) is 122 Å². The fraction of sp³-hybridized carbons (Fsp3) is 0.0476. The van der Waals surface area contributed by atoms with Crippen molar-refractivity contribution in [1.82, 2.24) is 19.1 Å². The van der Waals surface area contributed by atoms with E-state index in [1.807, 2.05) is 0 Å². The maximum absolute atomic E-state index is 5.54. The Hall–Kier alpha value is -8.60. The lowest BCUT2D eigenvalue weighted by Crippen LogP contribution is -2.24. The van der Waals surface area contributed by atoms with Crippen molar-refractivity contribution in [2.75, 3.05) is 0 Å². The van der Waals surface area contributed by atoms with Gasteiger partial charge in [0.1, 0.15) is 0 Å². The first-order chi connectivity index (χ1) is 33.0. The second-order valence-electron chi connectivity index (χ2n) is 18.6. The van der Waals surface area contributed by atoms with Crippen LogP contribution in [-0.4, -0.2) is 19.1 Å². The second kappa shape index (κ2) is 14.2. The smallest absolute Gasteiger partial charge is 0.235 e. The van der Waals surface area contributed by atoms with Gasteiger partial charge in [0.15, 0.2) is 0 Å². The third kappa shape index (κ3) is 5.60. The summed E-state index contributed by atoms with van der Waals surface area (Å²) < 4.78 is 4.67. The fourth-order valence-electron chi connectivity index (χ4n) is 11.3. The molecule has 0 saturated carbocycles. The van der Waals surface area contributed by atoms with Crippen molar-refractivity contribution in [2.45, 2.75) is 19.3 Å². The number of nitrogens with zero attached hydrogens (tertiary/aromatic N) is 4. The Labute approximate surface area is 387 Å². The van der Waals surface area contributed by atoms with Gasteiger partial charge in [-0.3, -0.25) is 4.57 Å². The lowest BCUT2D eigenvalue weighted by atomic mass is 9.69. The molecule has 0 amide bonds. The van der Waals surface area contributed by atoms with Gasteiger partial charge in [-0.05, 0) is 116 Å². The standard InChI is InChI=1S/C63H42N4/c1-63(2)53-24-11-8-22-50(53)61-60-54(63)37-44(39-15-4-3-5-16-39)38-55(60)64-62(65-61)67-57-26-13-10-21-49(57)52-36-43(30-34-59(52)67)42-29-33-58-51(35-42)48-20-9-12-25-56(48)66(58)45-31-27-41(28-32-45)47-23-14-18-40-17-6-7-19-46(40)47/h3-38H,1-2H3. The molecule has 0 bridgehead atoms. The quantitative estimate of drug-likeness (QED) is 0.173. The first kappa shape index (κ1) is 37.7.